The van der Waals surface area contributed by atoms with Crippen LogP contribution in [0.2, 0.25) is 5.02 Å². The molecule has 3 aromatic rings. The third-order valence-corrected chi connectivity index (χ3v) is 3.20. The largest absolute Gasteiger partial charge is 0.435 e. The maximum atomic E-state index is 6.10. The number of ether oxygens (including phenoxy) is 1. The molecule has 0 saturated heterocycles. The summed E-state index contributed by atoms with van der Waals surface area (Å²) >= 11 is 6.10. The smallest absolute Gasteiger partial charge is 0.246 e. The van der Waals surface area contributed by atoms with E-state index in [1.54, 1.807) is 24.5 Å². The molecule has 2 aromatic carbocycles. The van der Waals surface area contributed by atoms with E-state index in [4.69, 9.17) is 22.1 Å². The second kappa shape index (κ2) is 5.81. The zero-order valence-corrected chi connectivity index (χ0v) is 11.8. The van der Waals surface area contributed by atoms with Crippen molar-refractivity contribution in [2.45, 2.75) is 0 Å². The van der Waals surface area contributed by atoms with Crippen molar-refractivity contribution in [1.29, 1.82) is 0 Å². The minimum absolute atomic E-state index is 0.398. The van der Waals surface area contributed by atoms with Crippen LogP contribution in [-0.2, 0) is 0 Å². The molecular formula is C16H12ClN3O. The molecule has 0 spiro atoms. The van der Waals surface area contributed by atoms with Gasteiger partial charge in [0.25, 0.3) is 0 Å². The Morgan fingerprint density at radius 3 is 2.38 bits per heavy atom. The van der Waals surface area contributed by atoms with Gasteiger partial charge in [-0.05, 0) is 24.3 Å². The van der Waals surface area contributed by atoms with Crippen molar-refractivity contribution in [3.63, 3.8) is 0 Å². The van der Waals surface area contributed by atoms with Crippen LogP contribution < -0.4 is 10.5 Å². The van der Waals surface area contributed by atoms with Crippen LogP contribution in [0.15, 0.2) is 60.9 Å². The Balaban J connectivity index is 2.00. The molecule has 0 atom stereocenters. The third kappa shape index (κ3) is 2.95. The lowest BCUT2D eigenvalue weighted by atomic mass is 10.1. The topological polar surface area (TPSA) is 61.0 Å². The van der Waals surface area contributed by atoms with E-state index >= 15 is 0 Å². The summed E-state index contributed by atoms with van der Waals surface area (Å²) in [6.07, 6.45) is 3.19. The highest BCUT2D eigenvalue weighted by molar-refractivity contribution is 6.32. The van der Waals surface area contributed by atoms with Crippen molar-refractivity contribution in [3.8, 4) is 22.9 Å². The number of benzene rings is 2. The summed E-state index contributed by atoms with van der Waals surface area (Å²) in [5, 5.41) is 0.520. The van der Waals surface area contributed by atoms with Gasteiger partial charge in [-0.25, -0.2) is 9.97 Å². The molecule has 21 heavy (non-hydrogen) atoms. The Kier molecular flexibility index (Phi) is 3.71. The van der Waals surface area contributed by atoms with Gasteiger partial charge in [0.2, 0.25) is 5.88 Å². The highest BCUT2D eigenvalue weighted by Gasteiger charge is 2.11. The van der Waals surface area contributed by atoms with E-state index in [0.29, 0.717) is 28.0 Å². The van der Waals surface area contributed by atoms with Crippen molar-refractivity contribution in [1.82, 2.24) is 9.97 Å². The monoisotopic (exact) mass is 297 g/mol. The summed E-state index contributed by atoms with van der Waals surface area (Å²) in [5.74, 6) is 0.937. The second-order valence-electron chi connectivity index (χ2n) is 4.36. The van der Waals surface area contributed by atoms with E-state index < -0.39 is 0 Å². The number of anilines is 1. The molecule has 1 heterocycles. The third-order valence-electron chi connectivity index (χ3n) is 2.89. The van der Waals surface area contributed by atoms with E-state index in [2.05, 4.69) is 9.97 Å². The first-order chi connectivity index (χ1) is 10.2. The Morgan fingerprint density at radius 1 is 0.905 bits per heavy atom. The Hall–Kier alpha value is -2.59. The molecule has 0 saturated carbocycles. The number of nitrogens with two attached hydrogens (primary N) is 1. The molecule has 0 aliphatic rings. The standard InChI is InChI=1S/C16H12ClN3O/c17-13-3-1-2-4-14(13)21-16-15(19-9-10-20-16)11-5-7-12(18)8-6-11/h1-10H,18H2. The lowest BCUT2D eigenvalue weighted by Crippen LogP contribution is -1.94. The van der Waals surface area contributed by atoms with Crippen molar-refractivity contribution >= 4 is 17.3 Å². The predicted octanol–water partition coefficient (Wildman–Crippen LogP) is 4.17. The summed E-state index contributed by atoms with van der Waals surface area (Å²) in [6, 6.07) is 14.6. The van der Waals surface area contributed by atoms with Crippen molar-refractivity contribution < 1.29 is 4.74 Å². The van der Waals surface area contributed by atoms with Crippen molar-refractivity contribution in [2.24, 2.45) is 0 Å². The first-order valence-electron chi connectivity index (χ1n) is 6.33. The molecule has 3 rings (SSSR count). The van der Waals surface area contributed by atoms with Gasteiger partial charge in [0.1, 0.15) is 11.4 Å². The highest BCUT2D eigenvalue weighted by Crippen LogP contribution is 2.33. The second-order valence-corrected chi connectivity index (χ2v) is 4.77. The average molecular weight is 298 g/mol. The van der Waals surface area contributed by atoms with Crippen LogP contribution >= 0.6 is 11.6 Å². The molecule has 5 heteroatoms. The van der Waals surface area contributed by atoms with Crippen LogP contribution in [0.5, 0.6) is 11.6 Å². The molecular weight excluding hydrogens is 286 g/mol. The van der Waals surface area contributed by atoms with E-state index in [1.165, 1.54) is 0 Å². The number of rotatable bonds is 3. The summed E-state index contributed by atoms with van der Waals surface area (Å²) in [4.78, 5) is 8.57. The van der Waals surface area contributed by atoms with Gasteiger partial charge in [0, 0.05) is 23.6 Å². The van der Waals surface area contributed by atoms with Gasteiger partial charge in [-0.1, -0.05) is 35.9 Å². The number of hydrogen-bond acceptors (Lipinski definition) is 4. The van der Waals surface area contributed by atoms with E-state index in [-0.39, 0.29) is 0 Å². The minimum atomic E-state index is 0.398. The fourth-order valence-electron chi connectivity index (χ4n) is 1.87. The van der Waals surface area contributed by atoms with Crippen molar-refractivity contribution in [2.75, 3.05) is 5.73 Å². The first-order valence-corrected chi connectivity index (χ1v) is 6.71. The van der Waals surface area contributed by atoms with Crippen LogP contribution in [0.25, 0.3) is 11.3 Å². The van der Waals surface area contributed by atoms with Gasteiger partial charge in [-0.15, -0.1) is 0 Å². The van der Waals surface area contributed by atoms with Gasteiger partial charge in [-0.2, -0.15) is 0 Å². The van der Waals surface area contributed by atoms with Gasteiger partial charge in [-0.3, -0.25) is 0 Å². The number of nitrogen functional groups attached to an aromatic ring is 1. The quantitative estimate of drug-likeness (QED) is 0.737. The summed E-state index contributed by atoms with van der Waals surface area (Å²) in [5.41, 5.74) is 7.90. The van der Waals surface area contributed by atoms with Crippen LogP contribution in [0.3, 0.4) is 0 Å². The molecule has 4 nitrogen and oxygen atoms in total. The maximum absolute atomic E-state index is 6.10. The molecule has 0 unspecified atom stereocenters. The molecule has 0 amide bonds. The number of halogens is 1. The lowest BCUT2D eigenvalue weighted by molar-refractivity contribution is 0.463. The summed E-state index contributed by atoms with van der Waals surface area (Å²) < 4.78 is 5.79. The van der Waals surface area contributed by atoms with E-state index in [9.17, 15) is 0 Å². The van der Waals surface area contributed by atoms with Crippen LogP contribution in [0.4, 0.5) is 5.69 Å². The normalized spacial score (nSPS) is 10.3. The van der Waals surface area contributed by atoms with Gasteiger partial charge >= 0.3 is 0 Å². The van der Waals surface area contributed by atoms with E-state index in [1.807, 2.05) is 36.4 Å². The van der Waals surface area contributed by atoms with E-state index in [0.717, 1.165) is 5.56 Å². The molecule has 0 bridgehead atoms. The highest BCUT2D eigenvalue weighted by atomic mass is 35.5. The van der Waals surface area contributed by atoms with Gasteiger partial charge in [0.15, 0.2) is 0 Å². The van der Waals surface area contributed by atoms with Crippen molar-refractivity contribution in [3.05, 3.63) is 65.9 Å². The molecule has 0 aliphatic carbocycles. The fourth-order valence-corrected chi connectivity index (χ4v) is 2.04. The lowest BCUT2D eigenvalue weighted by Gasteiger charge is -2.10. The molecule has 0 radical (unpaired) electrons. The van der Waals surface area contributed by atoms with Crippen LogP contribution in [0, 0.1) is 0 Å². The molecule has 104 valence electrons. The SMILES string of the molecule is Nc1ccc(-c2nccnc2Oc2ccccc2Cl)cc1. The zero-order chi connectivity index (χ0) is 14.7. The summed E-state index contributed by atoms with van der Waals surface area (Å²) in [7, 11) is 0. The minimum Gasteiger partial charge on any atom is -0.435 e. The van der Waals surface area contributed by atoms with Crippen LogP contribution in [-0.4, -0.2) is 9.97 Å². The number of nitrogens with zero attached hydrogens (tertiary/aromatic N) is 2. The maximum Gasteiger partial charge on any atom is 0.246 e. The first kappa shape index (κ1) is 13.4. The van der Waals surface area contributed by atoms with Gasteiger partial charge < -0.3 is 10.5 Å². The fraction of sp³-hybridized carbons (Fsp3) is 0. The zero-order valence-electron chi connectivity index (χ0n) is 11.0. The molecule has 0 aliphatic heterocycles. The predicted molar refractivity (Wildman–Crippen MR) is 83.4 cm³/mol. The number of hydrogen-bond donors (Lipinski definition) is 1. The Bertz CT molecular complexity index is 759. The number of para-hydroxylation sites is 1. The molecule has 0 fully saturated rings. The number of aromatic nitrogens is 2. The van der Waals surface area contributed by atoms with Crippen LogP contribution in [0.1, 0.15) is 0 Å². The molecule has 1 aromatic heterocycles. The molecule has 2 N–H and O–H groups in total. The average Bonchev–Trinajstić information content (AvgIpc) is 2.51. The Labute approximate surface area is 127 Å². The summed E-state index contributed by atoms with van der Waals surface area (Å²) in [6.45, 7) is 0. The van der Waals surface area contributed by atoms with Gasteiger partial charge in [0.05, 0.1) is 5.02 Å². The Morgan fingerprint density at radius 2 is 1.62 bits per heavy atom.